The Hall–Kier alpha value is -1.85. The Labute approximate surface area is 118 Å². The molecule has 1 aliphatic rings. The third-order valence-corrected chi connectivity index (χ3v) is 4.23. The van der Waals surface area contributed by atoms with Gasteiger partial charge in [0.25, 0.3) is 5.91 Å². The minimum Gasteiger partial charge on any atom is -0.479 e. The number of likely N-dealkylation sites (tertiary alicyclic amines) is 1. The summed E-state index contributed by atoms with van der Waals surface area (Å²) in [5.41, 5.74) is 0.239. The first-order valence-electron chi connectivity index (χ1n) is 7.04. The van der Waals surface area contributed by atoms with Gasteiger partial charge in [-0.3, -0.25) is 9.48 Å². The van der Waals surface area contributed by atoms with E-state index in [1.807, 2.05) is 13.8 Å². The maximum atomic E-state index is 12.7. The molecule has 2 rings (SSSR count). The lowest BCUT2D eigenvalue weighted by Gasteiger charge is -2.33. The van der Waals surface area contributed by atoms with E-state index in [4.69, 9.17) is 0 Å². The van der Waals surface area contributed by atoms with Crippen molar-refractivity contribution < 1.29 is 14.7 Å². The minimum absolute atomic E-state index is 0.235. The molecule has 1 aromatic heterocycles. The summed E-state index contributed by atoms with van der Waals surface area (Å²) >= 11 is 0. The van der Waals surface area contributed by atoms with Crippen LogP contribution in [0.5, 0.6) is 0 Å². The number of rotatable bonds is 4. The van der Waals surface area contributed by atoms with E-state index in [9.17, 15) is 14.7 Å². The lowest BCUT2D eigenvalue weighted by Crippen LogP contribution is -2.53. The summed E-state index contributed by atoms with van der Waals surface area (Å²) in [6.45, 7) is 4.28. The lowest BCUT2D eigenvalue weighted by atomic mass is 9.93. The van der Waals surface area contributed by atoms with Crippen molar-refractivity contribution in [2.24, 2.45) is 7.05 Å². The van der Waals surface area contributed by atoms with Gasteiger partial charge in [0.1, 0.15) is 11.2 Å². The molecule has 1 atom stereocenters. The summed E-state index contributed by atoms with van der Waals surface area (Å²) < 4.78 is 1.54. The van der Waals surface area contributed by atoms with Crippen LogP contribution < -0.4 is 0 Å². The van der Waals surface area contributed by atoms with Gasteiger partial charge < -0.3 is 10.0 Å². The summed E-state index contributed by atoms with van der Waals surface area (Å²) in [6.07, 6.45) is 2.42. The third-order valence-electron chi connectivity index (χ3n) is 4.23. The average Bonchev–Trinajstić information content (AvgIpc) is 3.01. The molecule has 6 heteroatoms. The number of carboxylic acid groups (broad SMARTS) is 1. The highest BCUT2D eigenvalue weighted by Gasteiger charge is 2.49. The van der Waals surface area contributed by atoms with Gasteiger partial charge in [-0.05, 0) is 31.7 Å². The van der Waals surface area contributed by atoms with Crippen LogP contribution in [0.25, 0.3) is 0 Å². The smallest absolute Gasteiger partial charge is 0.329 e. The van der Waals surface area contributed by atoms with Crippen LogP contribution in [-0.4, -0.2) is 43.7 Å². The second kappa shape index (κ2) is 5.26. The molecular formula is C14H21N3O3. The summed E-state index contributed by atoms with van der Waals surface area (Å²) in [7, 11) is 1.72. The predicted molar refractivity (Wildman–Crippen MR) is 73.5 cm³/mol. The van der Waals surface area contributed by atoms with Gasteiger partial charge in [-0.25, -0.2) is 4.79 Å². The van der Waals surface area contributed by atoms with Crippen LogP contribution in [-0.2, 0) is 18.3 Å². The number of carbonyl (C=O) groups excluding carboxylic acids is 1. The number of aliphatic carboxylic acids is 1. The van der Waals surface area contributed by atoms with E-state index in [2.05, 4.69) is 5.10 Å². The molecule has 6 nitrogen and oxygen atoms in total. The van der Waals surface area contributed by atoms with Crippen molar-refractivity contribution in [3.8, 4) is 0 Å². The Morgan fingerprint density at radius 3 is 2.65 bits per heavy atom. The van der Waals surface area contributed by atoms with Gasteiger partial charge in [-0.15, -0.1) is 0 Å². The summed E-state index contributed by atoms with van der Waals surface area (Å²) in [5, 5.41) is 13.8. The van der Waals surface area contributed by atoms with Crippen LogP contribution in [0, 0.1) is 0 Å². The number of hydrogen-bond acceptors (Lipinski definition) is 3. The lowest BCUT2D eigenvalue weighted by molar-refractivity contribution is -0.148. The SMILES string of the molecule is CCc1cc(C(=O)N2CCCC2(CC)C(=O)O)n(C)n1. The van der Waals surface area contributed by atoms with Gasteiger partial charge in [0.2, 0.25) is 0 Å². The monoisotopic (exact) mass is 279 g/mol. The third kappa shape index (κ3) is 2.09. The van der Waals surface area contributed by atoms with Crippen LogP contribution >= 0.6 is 0 Å². The Bertz CT molecular complexity index is 538. The van der Waals surface area contributed by atoms with E-state index in [1.54, 1.807) is 17.8 Å². The van der Waals surface area contributed by atoms with E-state index < -0.39 is 11.5 Å². The quantitative estimate of drug-likeness (QED) is 0.905. The van der Waals surface area contributed by atoms with Gasteiger partial charge in [0.05, 0.1) is 5.69 Å². The maximum Gasteiger partial charge on any atom is 0.329 e. The molecular weight excluding hydrogens is 258 g/mol. The van der Waals surface area contributed by atoms with Gasteiger partial charge >= 0.3 is 5.97 Å². The maximum absolute atomic E-state index is 12.7. The molecule has 0 spiro atoms. The Kier molecular flexibility index (Phi) is 3.83. The normalized spacial score (nSPS) is 22.2. The van der Waals surface area contributed by atoms with Crippen molar-refractivity contribution in [1.29, 1.82) is 0 Å². The Balaban J connectivity index is 2.36. The first kappa shape index (κ1) is 14.6. The van der Waals surface area contributed by atoms with Crippen LogP contribution in [0.15, 0.2) is 6.07 Å². The summed E-state index contributed by atoms with van der Waals surface area (Å²) in [6, 6.07) is 1.75. The van der Waals surface area contributed by atoms with E-state index in [0.717, 1.165) is 18.5 Å². The van der Waals surface area contributed by atoms with Crippen molar-refractivity contribution in [3.05, 3.63) is 17.5 Å². The Morgan fingerprint density at radius 1 is 1.45 bits per heavy atom. The molecule has 1 amide bonds. The molecule has 1 fully saturated rings. The molecule has 0 aliphatic carbocycles. The number of aryl methyl sites for hydroxylation is 2. The highest BCUT2D eigenvalue weighted by Crippen LogP contribution is 2.34. The van der Waals surface area contributed by atoms with Gasteiger partial charge in [-0.2, -0.15) is 5.10 Å². The fraction of sp³-hybridized carbons (Fsp3) is 0.643. The average molecular weight is 279 g/mol. The molecule has 20 heavy (non-hydrogen) atoms. The fourth-order valence-corrected chi connectivity index (χ4v) is 2.95. The molecule has 1 aliphatic heterocycles. The van der Waals surface area contributed by atoms with E-state index in [0.29, 0.717) is 25.1 Å². The molecule has 1 unspecified atom stereocenters. The standard InChI is InChI=1S/C14H21N3O3/c1-4-10-9-11(16(3)15-10)12(18)17-8-6-7-14(17,5-2)13(19)20/h9H,4-8H2,1-3H3,(H,19,20). The second-order valence-electron chi connectivity index (χ2n) is 5.25. The van der Waals surface area contributed by atoms with E-state index in [-0.39, 0.29) is 5.91 Å². The highest BCUT2D eigenvalue weighted by atomic mass is 16.4. The molecule has 0 bridgehead atoms. The minimum atomic E-state index is -1.06. The van der Waals surface area contributed by atoms with Crippen molar-refractivity contribution >= 4 is 11.9 Å². The summed E-state index contributed by atoms with van der Waals surface area (Å²) in [5.74, 6) is -1.15. The zero-order chi connectivity index (χ0) is 14.9. The molecule has 0 aromatic carbocycles. The number of hydrogen-bond donors (Lipinski definition) is 1. The van der Waals surface area contributed by atoms with Crippen molar-refractivity contribution in [2.75, 3.05) is 6.54 Å². The predicted octanol–water partition coefficient (Wildman–Crippen LogP) is 1.45. The number of carboxylic acids is 1. The highest BCUT2D eigenvalue weighted by molar-refractivity contribution is 5.97. The van der Waals surface area contributed by atoms with Crippen LogP contribution in [0.3, 0.4) is 0 Å². The fourth-order valence-electron chi connectivity index (χ4n) is 2.95. The number of aromatic nitrogens is 2. The van der Waals surface area contributed by atoms with Crippen molar-refractivity contribution in [2.45, 2.75) is 45.1 Å². The van der Waals surface area contributed by atoms with Crippen LogP contribution in [0.2, 0.25) is 0 Å². The van der Waals surface area contributed by atoms with Crippen LogP contribution in [0.1, 0.15) is 49.3 Å². The topological polar surface area (TPSA) is 75.4 Å². The number of nitrogens with zero attached hydrogens (tertiary/aromatic N) is 3. The number of carbonyl (C=O) groups is 2. The van der Waals surface area contributed by atoms with Crippen LogP contribution in [0.4, 0.5) is 0 Å². The van der Waals surface area contributed by atoms with Crippen molar-refractivity contribution in [3.63, 3.8) is 0 Å². The molecule has 0 radical (unpaired) electrons. The number of amides is 1. The van der Waals surface area contributed by atoms with E-state index in [1.165, 1.54) is 4.90 Å². The first-order chi connectivity index (χ1) is 9.46. The van der Waals surface area contributed by atoms with Gasteiger partial charge in [-0.1, -0.05) is 13.8 Å². The zero-order valence-electron chi connectivity index (χ0n) is 12.2. The Morgan fingerprint density at radius 2 is 2.15 bits per heavy atom. The molecule has 110 valence electrons. The van der Waals surface area contributed by atoms with E-state index >= 15 is 0 Å². The molecule has 0 saturated carbocycles. The zero-order valence-corrected chi connectivity index (χ0v) is 12.2. The molecule has 1 aromatic rings. The van der Waals surface area contributed by atoms with Gasteiger partial charge in [0.15, 0.2) is 0 Å². The molecule has 2 heterocycles. The van der Waals surface area contributed by atoms with Gasteiger partial charge in [0, 0.05) is 13.6 Å². The molecule has 1 N–H and O–H groups in total. The first-order valence-corrected chi connectivity index (χ1v) is 7.04. The van der Waals surface area contributed by atoms with Crippen molar-refractivity contribution in [1.82, 2.24) is 14.7 Å². The second-order valence-corrected chi connectivity index (χ2v) is 5.25. The summed E-state index contributed by atoms with van der Waals surface area (Å²) in [4.78, 5) is 25.8. The molecule has 1 saturated heterocycles. The largest absolute Gasteiger partial charge is 0.479 e.